The molecular formula is C13H16N2O2S. The van der Waals surface area contributed by atoms with Crippen molar-refractivity contribution < 1.29 is 9.53 Å². The van der Waals surface area contributed by atoms with E-state index in [1.54, 1.807) is 18.0 Å². The minimum Gasteiger partial charge on any atom is -0.466 e. The minimum absolute atomic E-state index is 0.136. The fourth-order valence-electron chi connectivity index (χ4n) is 1.74. The van der Waals surface area contributed by atoms with Gasteiger partial charge in [-0.1, -0.05) is 0 Å². The summed E-state index contributed by atoms with van der Waals surface area (Å²) in [6.45, 7) is 2.27. The van der Waals surface area contributed by atoms with Crippen LogP contribution in [0.3, 0.4) is 0 Å². The van der Waals surface area contributed by atoms with E-state index in [4.69, 9.17) is 4.74 Å². The zero-order valence-electron chi connectivity index (χ0n) is 10.5. The van der Waals surface area contributed by atoms with Crippen molar-refractivity contribution in [2.45, 2.75) is 18.2 Å². The standard InChI is InChI=1S/C13H16N2O2S/c1-3-17-12(16)6-9-18-11-4-7-14-13-10(11)5-8-15(13)2/h4-5,7-8H,3,6,9H2,1-2H3. The van der Waals surface area contributed by atoms with Crippen molar-refractivity contribution in [3.05, 3.63) is 24.5 Å². The second-order valence-corrected chi connectivity index (χ2v) is 5.01. The molecule has 0 atom stereocenters. The number of ether oxygens (including phenoxy) is 1. The summed E-state index contributed by atoms with van der Waals surface area (Å²) in [6, 6.07) is 4.03. The first-order valence-corrected chi connectivity index (χ1v) is 6.89. The number of pyridine rings is 1. The molecular weight excluding hydrogens is 248 g/mol. The molecule has 0 spiro atoms. The van der Waals surface area contributed by atoms with Crippen LogP contribution in [0.2, 0.25) is 0 Å². The molecule has 0 unspecified atom stereocenters. The Balaban J connectivity index is 2.01. The van der Waals surface area contributed by atoms with Crippen molar-refractivity contribution in [3.63, 3.8) is 0 Å². The molecule has 2 heterocycles. The second-order valence-electron chi connectivity index (χ2n) is 3.88. The first kappa shape index (κ1) is 13.0. The van der Waals surface area contributed by atoms with Crippen LogP contribution in [0.5, 0.6) is 0 Å². The number of thioether (sulfide) groups is 1. The molecule has 0 saturated carbocycles. The first-order chi connectivity index (χ1) is 8.72. The van der Waals surface area contributed by atoms with Crippen LogP contribution in [-0.4, -0.2) is 27.9 Å². The topological polar surface area (TPSA) is 44.1 Å². The van der Waals surface area contributed by atoms with E-state index in [0.29, 0.717) is 13.0 Å². The molecule has 0 aliphatic carbocycles. The number of esters is 1. The van der Waals surface area contributed by atoms with E-state index >= 15 is 0 Å². The van der Waals surface area contributed by atoms with Crippen molar-refractivity contribution in [1.29, 1.82) is 0 Å². The van der Waals surface area contributed by atoms with Crippen LogP contribution in [0, 0.1) is 0 Å². The van der Waals surface area contributed by atoms with E-state index in [9.17, 15) is 4.79 Å². The van der Waals surface area contributed by atoms with Gasteiger partial charge >= 0.3 is 5.97 Å². The molecule has 0 aliphatic heterocycles. The third-order valence-electron chi connectivity index (χ3n) is 2.60. The van der Waals surface area contributed by atoms with Gasteiger partial charge in [-0.2, -0.15) is 0 Å². The molecule has 5 heteroatoms. The molecule has 0 radical (unpaired) electrons. The fraction of sp³-hybridized carbons (Fsp3) is 0.385. The average molecular weight is 264 g/mol. The quantitative estimate of drug-likeness (QED) is 0.615. The molecule has 0 fully saturated rings. The lowest BCUT2D eigenvalue weighted by Crippen LogP contribution is -2.04. The number of carbonyl (C=O) groups is 1. The van der Waals surface area contributed by atoms with Crippen LogP contribution in [0.1, 0.15) is 13.3 Å². The molecule has 18 heavy (non-hydrogen) atoms. The molecule has 0 bridgehead atoms. The van der Waals surface area contributed by atoms with Gasteiger partial charge in [0.15, 0.2) is 0 Å². The van der Waals surface area contributed by atoms with Gasteiger partial charge in [0.2, 0.25) is 0 Å². The molecule has 0 N–H and O–H groups in total. The van der Waals surface area contributed by atoms with Gasteiger partial charge in [0.1, 0.15) is 5.65 Å². The van der Waals surface area contributed by atoms with Crippen LogP contribution >= 0.6 is 11.8 Å². The number of rotatable bonds is 5. The van der Waals surface area contributed by atoms with Gasteiger partial charge in [0.25, 0.3) is 0 Å². The average Bonchev–Trinajstić information content (AvgIpc) is 2.73. The van der Waals surface area contributed by atoms with Gasteiger partial charge in [-0.3, -0.25) is 4.79 Å². The largest absolute Gasteiger partial charge is 0.466 e. The lowest BCUT2D eigenvalue weighted by molar-refractivity contribution is -0.142. The molecule has 0 saturated heterocycles. The van der Waals surface area contributed by atoms with Gasteiger partial charge in [-0.25, -0.2) is 4.98 Å². The van der Waals surface area contributed by atoms with Gasteiger partial charge < -0.3 is 9.30 Å². The van der Waals surface area contributed by atoms with Crippen LogP contribution in [0.4, 0.5) is 0 Å². The highest BCUT2D eigenvalue weighted by molar-refractivity contribution is 7.99. The zero-order valence-corrected chi connectivity index (χ0v) is 11.4. The number of hydrogen-bond donors (Lipinski definition) is 0. The summed E-state index contributed by atoms with van der Waals surface area (Å²) in [4.78, 5) is 16.7. The van der Waals surface area contributed by atoms with E-state index in [-0.39, 0.29) is 5.97 Å². The Hall–Kier alpha value is -1.49. The lowest BCUT2D eigenvalue weighted by atomic mass is 10.3. The number of fused-ring (bicyclic) bond motifs is 1. The van der Waals surface area contributed by atoms with Gasteiger partial charge in [0, 0.05) is 35.5 Å². The predicted molar refractivity (Wildman–Crippen MR) is 72.7 cm³/mol. The molecule has 96 valence electrons. The number of nitrogens with zero attached hydrogens (tertiary/aromatic N) is 2. The molecule has 2 aromatic rings. The Labute approximate surface area is 110 Å². The maximum atomic E-state index is 11.2. The summed E-state index contributed by atoms with van der Waals surface area (Å²) >= 11 is 1.66. The molecule has 0 aliphatic rings. The molecule has 0 amide bonds. The number of carbonyl (C=O) groups excluding carboxylic acids is 1. The third-order valence-corrected chi connectivity index (χ3v) is 3.67. The second kappa shape index (κ2) is 5.91. The fourth-order valence-corrected chi connectivity index (χ4v) is 2.70. The Morgan fingerprint density at radius 1 is 1.50 bits per heavy atom. The highest BCUT2D eigenvalue weighted by Crippen LogP contribution is 2.27. The summed E-state index contributed by atoms with van der Waals surface area (Å²) in [6.07, 6.45) is 4.23. The lowest BCUT2D eigenvalue weighted by Gasteiger charge is -2.04. The monoisotopic (exact) mass is 264 g/mol. The Kier molecular flexibility index (Phi) is 4.25. The Morgan fingerprint density at radius 3 is 3.11 bits per heavy atom. The van der Waals surface area contributed by atoms with Crippen molar-refractivity contribution >= 4 is 28.8 Å². The molecule has 4 nitrogen and oxygen atoms in total. The highest BCUT2D eigenvalue weighted by Gasteiger charge is 2.07. The molecule has 2 rings (SSSR count). The van der Waals surface area contributed by atoms with E-state index in [2.05, 4.69) is 11.1 Å². The first-order valence-electron chi connectivity index (χ1n) is 5.91. The van der Waals surface area contributed by atoms with E-state index in [0.717, 1.165) is 21.7 Å². The highest BCUT2D eigenvalue weighted by atomic mass is 32.2. The SMILES string of the molecule is CCOC(=O)CCSc1ccnc2c1ccn2C. The number of hydrogen-bond acceptors (Lipinski definition) is 4. The van der Waals surface area contributed by atoms with Crippen molar-refractivity contribution in [1.82, 2.24) is 9.55 Å². The summed E-state index contributed by atoms with van der Waals surface area (Å²) in [7, 11) is 1.97. The van der Waals surface area contributed by atoms with Crippen LogP contribution < -0.4 is 0 Å². The van der Waals surface area contributed by atoms with Crippen molar-refractivity contribution in [3.8, 4) is 0 Å². The minimum atomic E-state index is -0.136. The summed E-state index contributed by atoms with van der Waals surface area (Å²) in [5.41, 5.74) is 0.969. The smallest absolute Gasteiger partial charge is 0.306 e. The summed E-state index contributed by atoms with van der Waals surface area (Å²) < 4.78 is 6.89. The molecule has 2 aromatic heterocycles. The van der Waals surface area contributed by atoms with E-state index in [1.807, 2.05) is 30.8 Å². The Bertz CT molecular complexity index is 551. The summed E-state index contributed by atoms with van der Waals surface area (Å²) in [5, 5.41) is 1.13. The number of aromatic nitrogens is 2. The van der Waals surface area contributed by atoms with Gasteiger partial charge in [0.05, 0.1) is 13.0 Å². The normalized spacial score (nSPS) is 10.8. The third kappa shape index (κ3) is 2.85. The van der Waals surface area contributed by atoms with Crippen LogP contribution in [0.15, 0.2) is 29.4 Å². The Morgan fingerprint density at radius 2 is 2.33 bits per heavy atom. The zero-order chi connectivity index (χ0) is 13.0. The predicted octanol–water partition coefficient (Wildman–Crippen LogP) is 2.62. The van der Waals surface area contributed by atoms with Crippen molar-refractivity contribution in [2.24, 2.45) is 7.05 Å². The number of aryl methyl sites for hydroxylation is 1. The van der Waals surface area contributed by atoms with Crippen LogP contribution in [-0.2, 0) is 16.6 Å². The van der Waals surface area contributed by atoms with Crippen molar-refractivity contribution in [2.75, 3.05) is 12.4 Å². The summed E-state index contributed by atoms with van der Waals surface area (Å²) in [5.74, 6) is 0.593. The van der Waals surface area contributed by atoms with E-state index < -0.39 is 0 Å². The van der Waals surface area contributed by atoms with Crippen LogP contribution in [0.25, 0.3) is 11.0 Å². The maximum absolute atomic E-state index is 11.2. The van der Waals surface area contributed by atoms with Gasteiger partial charge in [-0.15, -0.1) is 11.8 Å². The van der Waals surface area contributed by atoms with E-state index in [1.165, 1.54) is 0 Å². The maximum Gasteiger partial charge on any atom is 0.306 e. The molecule has 0 aromatic carbocycles. The van der Waals surface area contributed by atoms with Gasteiger partial charge in [-0.05, 0) is 19.1 Å².